The Hall–Kier alpha value is -2.76. The van der Waals surface area contributed by atoms with Gasteiger partial charge in [-0.3, -0.25) is 0 Å². The summed E-state index contributed by atoms with van der Waals surface area (Å²) in [7, 11) is 0. The average molecular weight is 603 g/mol. The molecule has 8 aliphatic rings. The molecule has 0 aromatic heterocycles. The van der Waals surface area contributed by atoms with E-state index in [0.29, 0.717) is 39.3 Å². The first-order valence-electron chi connectivity index (χ1n) is 17.4. The molecule has 238 valence electrons. The van der Waals surface area contributed by atoms with Crippen molar-refractivity contribution in [3.63, 3.8) is 0 Å². The minimum atomic E-state index is -0.395. The lowest BCUT2D eigenvalue weighted by Crippen LogP contribution is -2.50. The van der Waals surface area contributed by atoms with Gasteiger partial charge in [0.25, 0.3) is 0 Å². The molecule has 0 atom stereocenters. The van der Waals surface area contributed by atoms with E-state index in [-0.39, 0.29) is 10.8 Å². The van der Waals surface area contributed by atoms with Crippen molar-refractivity contribution in [3.8, 4) is 11.5 Å². The Morgan fingerprint density at radius 1 is 0.591 bits per heavy atom. The Labute approximate surface area is 262 Å². The second-order valence-corrected chi connectivity index (χ2v) is 15.4. The average Bonchev–Trinajstić information content (AvgIpc) is 2.99. The van der Waals surface area contributed by atoms with Gasteiger partial charge in [0.1, 0.15) is 11.5 Å². The van der Waals surface area contributed by atoms with Crippen molar-refractivity contribution in [1.29, 1.82) is 0 Å². The van der Waals surface area contributed by atoms with E-state index >= 15 is 0 Å². The van der Waals surface area contributed by atoms with E-state index in [9.17, 15) is 9.59 Å². The summed E-state index contributed by atoms with van der Waals surface area (Å²) in [5.74, 6) is 6.16. The van der Waals surface area contributed by atoms with Gasteiger partial charge in [-0.1, -0.05) is 13.2 Å². The minimum Gasteiger partial charge on any atom is -0.493 e. The van der Waals surface area contributed by atoms with Crippen LogP contribution in [0.4, 0.5) is 0 Å². The maximum atomic E-state index is 11.6. The van der Waals surface area contributed by atoms with E-state index in [1.54, 1.807) is 0 Å². The number of carbonyl (C=O) groups is 2. The molecule has 0 amide bonds. The van der Waals surface area contributed by atoms with Gasteiger partial charge in [0.05, 0.1) is 26.4 Å². The molecule has 9 rings (SSSR count). The van der Waals surface area contributed by atoms with Gasteiger partial charge in [-0.2, -0.15) is 0 Å². The molecule has 0 unspecified atom stereocenters. The largest absolute Gasteiger partial charge is 0.493 e. The first-order chi connectivity index (χ1) is 21.4. The third-order valence-electron chi connectivity index (χ3n) is 12.2. The molecular weight excluding hydrogens is 552 g/mol. The maximum absolute atomic E-state index is 11.6. The first-order valence-corrected chi connectivity index (χ1v) is 17.4. The predicted octanol–water partition coefficient (Wildman–Crippen LogP) is 7.62. The zero-order chi connectivity index (χ0) is 30.3. The van der Waals surface area contributed by atoms with Crippen LogP contribution in [-0.4, -0.2) is 38.4 Å². The number of hydrogen-bond acceptors (Lipinski definition) is 6. The predicted molar refractivity (Wildman–Crippen MR) is 169 cm³/mol. The van der Waals surface area contributed by atoms with Gasteiger partial charge < -0.3 is 18.9 Å². The highest BCUT2D eigenvalue weighted by molar-refractivity contribution is 5.81. The highest BCUT2D eigenvalue weighted by Crippen LogP contribution is 2.65. The maximum Gasteiger partial charge on any atom is 0.330 e. The Kier molecular flexibility index (Phi) is 8.30. The lowest BCUT2D eigenvalue weighted by Gasteiger charge is -2.58. The van der Waals surface area contributed by atoms with Crippen LogP contribution in [0, 0.1) is 35.5 Å². The summed E-state index contributed by atoms with van der Waals surface area (Å²) in [6.07, 6.45) is 19.8. The highest BCUT2D eigenvalue weighted by atomic mass is 16.5. The molecule has 8 aliphatic carbocycles. The standard InChI is InChI=1S/C38H50O6/c1-3-35(39)43-9-5-7-41-33-18-34(42-8-6-10-44-36(40)4-2)32(38-22-28-14-29(23-38)16-30(15-28)24-38)17-31(33)37-19-25-11-26(20-37)13-27(12-25)21-37/h3-4,17-18,25-30H,1-2,5-16,19-24H2. The van der Waals surface area contributed by atoms with Crippen LogP contribution in [-0.2, 0) is 29.9 Å². The van der Waals surface area contributed by atoms with Gasteiger partial charge in [-0.15, -0.1) is 0 Å². The van der Waals surface area contributed by atoms with Crippen molar-refractivity contribution in [2.75, 3.05) is 26.4 Å². The van der Waals surface area contributed by atoms with E-state index in [4.69, 9.17) is 18.9 Å². The summed E-state index contributed by atoms with van der Waals surface area (Å²) in [6, 6.07) is 4.81. The van der Waals surface area contributed by atoms with Crippen molar-refractivity contribution >= 4 is 11.9 Å². The van der Waals surface area contributed by atoms with Crippen LogP contribution in [0.25, 0.3) is 0 Å². The summed E-state index contributed by atoms with van der Waals surface area (Å²) in [4.78, 5) is 23.1. The Bertz CT molecular complexity index is 1110. The molecule has 6 heteroatoms. The zero-order valence-electron chi connectivity index (χ0n) is 26.4. The summed E-state index contributed by atoms with van der Waals surface area (Å²) >= 11 is 0. The molecule has 1 aromatic carbocycles. The van der Waals surface area contributed by atoms with Crippen LogP contribution in [0.5, 0.6) is 11.5 Å². The van der Waals surface area contributed by atoms with Crippen LogP contribution >= 0.6 is 0 Å². The molecule has 0 radical (unpaired) electrons. The lowest BCUT2D eigenvalue weighted by molar-refractivity contribution is -0.138. The molecule has 8 bridgehead atoms. The molecule has 0 N–H and O–H groups in total. The third-order valence-corrected chi connectivity index (χ3v) is 12.2. The molecule has 8 fully saturated rings. The summed E-state index contributed by atoms with van der Waals surface area (Å²) in [6.45, 7) is 8.59. The normalized spacial score (nSPS) is 35.7. The number of carbonyl (C=O) groups excluding carboxylic acids is 2. The Morgan fingerprint density at radius 2 is 0.932 bits per heavy atom. The van der Waals surface area contributed by atoms with Crippen molar-refractivity contribution in [2.45, 2.75) is 101 Å². The second-order valence-electron chi connectivity index (χ2n) is 15.4. The van der Waals surface area contributed by atoms with Gasteiger partial charge >= 0.3 is 11.9 Å². The Morgan fingerprint density at radius 3 is 1.25 bits per heavy atom. The Balaban J connectivity index is 1.22. The van der Waals surface area contributed by atoms with E-state index in [1.807, 2.05) is 0 Å². The lowest BCUT2D eigenvalue weighted by atomic mass is 9.46. The SMILES string of the molecule is C=CC(=O)OCCCOc1cc(OCCCOC(=O)C=C)c(C23CC4CC(CC(C4)C2)C3)cc1C12CC3CC(CC(C3)C1)C2. The van der Waals surface area contributed by atoms with Crippen molar-refractivity contribution in [2.24, 2.45) is 35.5 Å². The van der Waals surface area contributed by atoms with Crippen LogP contribution < -0.4 is 9.47 Å². The van der Waals surface area contributed by atoms with E-state index in [2.05, 4.69) is 25.3 Å². The molecule has 0 heterocycles. The number of hydrogen-bond donors (Lipinski definition) is 0. The van der Waals surface area contributed by atoms with Gasteiger partial charge in [0.2, 0.25) is 0 Å². The smallest absolute Gasteiger partial charge is 0.330 e. The fourth-order valence-electron chi connectivity index (χ4n) is 11.5. The fraction of sp³-hybridized carbons (Fsp3) is 0.684. The van der Waals surface area contributed by atoms with Gasteiger partial charge in [-0.05, 0) is 129 Å². The number of benzene rings is 1. The van der Waals surface area contributed by atoms with Crippen LogP contribution in [0.3, 0.4) is 0 Å². The summed E-state index contributed by atoms with van der Waals surface area (Å²) in [5.41, 5.74) is 3.23. The topological polar surface area (TPSA) is 71.1 Å². The monoisotopic (exact) mass is 602 g/mol. The van der Waals surface area contributed by atoms with Crippen LogP contribution in [0.1, 0.15) is 101 Å². The molecule has 0 aliphatic heterocycles. The quantitative estimate of drug-likeness (QED) is 0.124. The van der Waals surface area contributed by atoms with Crippen molar-refractivity contribution in [1.82, 2.24) is 0 Å². The minimum absolute atomic E-state index is 0.188. The van der Waals surface area contributed by atoms with Gasteiger partial charge in [-0.25, -0.2) is 9.59 Å². The highest BCUT2D eigenvalue weighted by Gasteiger charge is 2.55. The molecular formula is C38H50O6. The molecule has 0 spiro atoms. The van der Waals surface area contributed by atoms with Crippen LogP contribution in [0.2, 0.25) is 0 Å². The number of esters is 2. The summed E-state index contributed by atoms with van der Waals surface area (Å²) in [5, 5.41) is 0. The van der Waals surface area contributed by atoms with Crippen molar-refractivity contribution < 1.29 is 28.5 Å². The number of ether oxygens (including phenoxy) is 4. The van der Waals surface area contributed by atoms with Crippen LogP contribution in [0.15, 0.2) is 37.4 Å². The number of rotatable bonds is 14. The third kappa shape index (κ3) is 5.83. The second kappa shape index (κ2) is 12.2. The van der Waals surface area contributed by atoms with E-state index in [0.717, 1.165) is 47.0 Å². The van der Waals surface area contributed by atoms with E-state index in [1.165, 1.54) is 100 Å². The molecule has 0 saturated heterocycles. The molecule has 8 saturated carbocycles. The van der Waals surface area contributed by atoms with Gasteiger partial charge in [0.15, 0.2) is 0 Å². The zero-order valence-corrected chi connectivity index (χ0v) is 26.4. The summed E-state index contributed by atoms with van der Waals surface area (Å²) < 4.78 is 23.8. The molecule has 6 nitrogen and oxygen atoms in total. The van der Waals surface area contributed by atoms with Crippen molar-refractivity contribution in [3.05, 3.63) is 48.6 Å². The van der Waals surface area contributed by atoms with E-state index < -0.39 is 11.9 Å². The molecule has 44 heavy (non-hydrogen) atoms. The van der Waals surface area contributed by atoms with Gasteiger partial charge in [0, 0.05) is 42.2 Å². The first kappa shape index (κ1) is 29.9. The molecule has 1 aromatic rings. The fourth-order valence-corrected chi connectivity index (χ4v) is 11.5.